The van der Waals surface area contributed by atoms with Crippen molar-refractivity contribution in [3.63, 3.8) is 0 Å². The van der Waals surface area contributed by atoms with E-state index < -0.39 is 10.0 Å². The minimum atomic E-state index is -3.71. The number of benzene rings is 1. The van der Waals surface area contributed by atoms with Gasteiger partial charge in [0.2, 0.25) is 10.0 Å². The molecule has 1 amide bonds. The van der Waals surface area contributed by atoms with E-state index in [2.05, 4.69) is 4.72 Å². The summed E-state index contributed by atoms with van der Waals surface area (Å²) in [6.45, 7) is 1.12. The van der Waals surface area contributed by atoms with Crippen LogP contribution in [0.3, 0.4) is 0 Å². The first-order valence-corrected chi connectivity index (χ1v) is 8.54. The molecule has 1 saturated heterocycles. The van der Waals surface area contributed by atoms with Gasteiger partial charge in [-0.1, -0.05) is 0 Å². The predicted molar refractivity (Wildman–Crippen MR) is 82.4 cm³/mol. The lowest BCUT2D eigenvalue weighted by molar-refractivity contribution is 0.0708. The molecule has 22 heavy (non-hydrogen) atoms. The molecule has 7 nitrogen and oxygen atoms in total. The van der Waals surface area contributed by atoms with Crippen LogP contribution in [-0.2, 0) is 10.0 Å². The van der Waals surface area contributed by atoms with Crippen LogP contribution < -0.4 is 15.2 Å². The highest BCUT2D eigenvalue weighted by atomic mass is 32.2. The van der Waals surface area contributed by atoms with Crippen LogP contribution in [-0.4, -0.2) is 52.5 Å². The molecule has 0 bridgehead atoms. The van der Waals surface area contributed by atoms with Crippen molar-refractivity contribution in [3.8, 4) is 5.75 Å². The van der Waals surface area contributed by atoms with Gasteiger partial charge < -0.3 is 15.4 Å². The zero-order valence-electron chi connectivity index (χ0n) is 12.7. The molecule has 1 aliphatic heterocycles. The van der Waals surface area contributed by atoms with E-state index >= 15 is 0 Å². The van der Waals surface area contributed by atoms with Crippen molar-refractivity contribution in [1.82, 2.24) is 9.62 Å². The first-order chi connectivity index (χ1) is 10.4. The lowest BCUT2D eigenvalue weighted by atomic mass is 10.1. The highest BCUT2D eigenvalue weighted by Crippen LogP contribution is 2.25. The van der Waals surface area contributed by atoms with Gasteiger partial charge in [-0.2, -0.15) is 0 Å². The molecule has 0 saturated carbocycles. The summed E-state index contributed by atoms with van der Waals surface area (Å²) in [5, 5.41) is 0. The van der Waals surface area contributed by atoms with Crippen LogP contribution in [0.15, 0.2) is 23.1 Å². The van der Waals surface area contributed by atoms with Gasteiger partial charge in [-0.25, -0.2) is 13.1 Å². The van der Waals surface area contributed by atoms with E-state index in [0.717, 1.165) is 12.8 Å². The Morgan fingerprint density at radius 2 is 2.18 bits per heavy atom. The number of methoxy groups -OCH3 is 1. The molecule has 8 heteroatoms. The van der Waals surface area contributed by atoms with Crippen molar-refractivity contribution in [1.29, 1.82) is 0 Å². The fourth-order valence-electron chi connectivity index (χ4n) is 2.51. The largest absolute Gasteiger partial charge is 0.495 e. The van der Waals surface area contributed by atoms with Crippen molar-refractivity contribution >= 4 is 15.9 Å². The van der Waals surface area contributed by atoms with E-state index in [1.165, 1.54) is 26.3 Å². The molecule has 0 spiro atoms. The third-order valence-corrected chi connectivity index (χ3v) is 5.15. The Balaban J connectivity index is 2.36. The average molecular weight is 327 g/mol. The Morgan fingerprint density at radius 3 is 2.77 bits per heavy atom. The van der Waals surface area contributed by atoms with Gasteiger partial charge in [0.25, 0.3) is 5.91 Å². The number of ether oxygens (including phenoxy) is 1. The van der Waals surface area contributed by atoms with Crippen molar-refractivity contribution in [2.24, 2.45) is 5.73 Å². The van der Waals surface area contributed by atoms with Gasteiger partial charge in [-0.05, 0) is 38.1 Å². The molecule has 2 rings (SSSR count). The van der Waals surface area contributed by atoms with E-state index in [9.17, 15) is 13.2 Å². The second kappa shape index (κ2) is 6.64. The lowest BCUT2D eigenvalue weighted by Crippen LogP contribution is -2.45. The molecule has 122 valence electrons. The molecule has 1 unspecified atom stereocenters. The number of carbonyl (C=O) groups is 1. The van der Waals surface area contributed by atoms with Crippen molar-refractivity contribution in [3.05, 3.63) is 23.8 Å². The van der Waals surface area contributed by atoms with Gasteiger partial charge >= 0.3 is 0 Å². The monoisotopic (exact) mass is 327 g/mol. The molecular formula is C14H21N3O4S. The van der Waals surface area contributed by atoms with E-state index in [4.69, 9.17) is 10.5 Å². The maximum Gasteiger partial charge on any atom is 0.253 e. The molecule has 1 atom stereocenters. The Morgan fingerprint density at radius 1 is 1.45 bits per heavy atom. The Bertz CT molecular complexity index is 660. The first kappa shape index (κ1) is 16.7. The standard InChI is InChI=1S/C14H21N3O4S/c1-16-22(19,20)13-8-10(5-6-12(13)21-2)14(18)17-7-3-4-11(15)9-17/h5-6,8,11,16H,3-4,7,9,15H2,1-2H3. The second-order valence-electron chi connectivity index (χ2n) is 5.23. The third kappa shape index (κ3) is 3.40. The summed E-state index contributed by atoms with van der Waals surface area (Å²) in [5.74, 6) is -0.0217. The SMILES string of the molecule is CNS(=O)(=O)c1cc(C(=O)N2CCCC(N)C2)ccc1OC. The number of sulfonamides is 1. The molecule has 0 aliphatic carbocycles. The predicted octanol–water partition coefficient (Wildman–Crippen LogP) is 0.167. The first-order valence-electron chi connectivity index (χ1n) is 7.05. The second-order valence-corrected chi connectivity index (χ2v) is 7.08. The summed E-state index contributed by atoms with van der Waals surface area (Å²) < 4.78 is 31.4. The quantitative estimate of drug-likeness (QED) is 0.820. The Labute approximate surface area is 130 Å². The maximum absolute atomic E-state index is 12.5. The van der Waals surface area contributed by atoms with Gasteiger partial charge in [-0.15, -0.1) is 0 Å². The maximum atomic E-state index is 12.5. The van der Waals surface area contributed by atoms with E-state index in [1.54, 1.807) is 11.0 Å². The van der Waals surface area contributed by atoms with Crippen LogP contribution in [0.4, 0.5) is 0 Å². The zero-order chi connectivity index (χ0) is 16.3. The highest BCUT2D eigenvalue weighted by Gasteiger charge is 2.25. The number of carbonyl (C=O) groups excluding carboxylic acids is 1. The topological polar surface area (TPSA) is 102 Å². The van der Waals surface area contributed by atoms with Crippen LogP contribution in [0.2, 0.25) is 0 Å². The Kier molecular flexibility index (Phi) is 5.05. The zero-order valence-corrected chi connectivity index (χ0v) is 13.5. The van der Waals surface area contributed by atoms with E-state index in [-0.39, 0.29) is 22.6 Å². The minimum Gasteiger partial charge on any atom is -0.495 e. The molecule has 1 heterocycles. The van der Waals surface area contributed by atoms with Crippen molar-refractivity contribution < 1.29 is 17.9 Å². The van der Waals surface area contributed by atoms with Crippen LogP contribution in [0.5, 0.6) is 5.75 Å². The minimum absolute atomic E-state index is 0.0311. The number of nitrogens with one attached hydrogen (secondary N) is 1. The number of piperidine rings is 1. The average Bonchev–Trinajstić information content (AvgIpc) is 2.53. The van der Waals surface area contributed by atoms with Gasteiger partial charge in [0, 0.05) is 24.7 Å². The molecule has 1 fully saturated rings. The molecule has 3 N–H and O–H groups in total. The molecular weight excluding hydrogens is 306 g/mol. The molecule has 0 radical (unpaired) electrons. The van der Waals surface area contributed by atoms with Gasteiger partial charge in [0.15, 0.2) is 0 Å². The van der Waals surface area contributed by atoms with E-state index in [0.29, 0.717) is 18.7 Å². The fraction of sp³-hybridized carbons (Fsp3) is 0.500. The number of amides is 1. The summed E-state index contributed by atoms with van der Waals surface area (Å²) in [5.41, 5.74) is 6.20. The number of rotatable bonds is 4. The summed E-state index contributed by atoms with van der Waals surface area (Å²) in [4.78, 5) is 14.1. The number of nitrogens with two attached hydrogens (primary N) is 1. The number of likely N-dealkylation sites (tertiary alicyclic amines) is 1. The molecule has 1 aromatic rings. The van der Waals surface area contributed by atoms with Gasteiger partial charge in [0.1, 0.15) is 10.6 Å². The lowest BCUT2D eigenvalue weighted by Gasteiger charge is -2.31. The molecule has 0 aromatic heterocycles. The Hall–Kier alpha value is -1.64. The van der Waals surface area contributed by atoms with Crippen molar-refractivity contribution in [2.45, 2.75) is 23.8 Å². The summed E-state index contributed by atoms with van der Waals surface area (Å²) in [6, 6.07) is 4.36. The van der Waals surface area contributed by atoms with Crippen LogP contribution in [0.25, 0.3) is 0 Å². The summed E-state index contributed by atoms with van der Waals surface area (Å²) in [6.07, 6.45) is 1.75. The van der Waals surface area contributed by atoms with Crippen LogP contribution >= 0.6 is 0 Å². The molecule has 1 aliphatic rings. The fourth-order valence-corrected chi connectivity index (χ4v) is 3.42. The highest BCUT2D eigenvalue weighted by molar-refractivity contribution is 7.89. The number of hydrogen-bond acceptors (Lipinski definition) is 5. The summed E-state index contributed by atoms with van der Waals surface area (Å²) in [7, 11) is -1.01. The number of hydrogen-bond donors (Lipinski definition) is 2. The van der Waals surface area contributed by atoms with Crippen molar-refractivity contribution in [2.75, 3.05) is 27.2 Å². The smallest absolute Gasteiger partial charge is 0.253 e. The van der Waals surface area contributed by atoms with Crippen LogP contribution in [0, 0.1) is 0 Å². The van der Waals surface area contributed by atoms with Gasteiger partial charge in [0.05, 0.1) is 7.11 Å². The number of nitrogens with zero attached hydrogens (tertiary/aromatic N) is 1. The van der Waals surface area contributed by atoms with Gasteiger partial charge in [-0.3, -0.25) is 4.79 Å². The molecule has 1 aromatic carbocycles. The van der Waals surface area contributed by atoms with E-state index in [1.807, 2.05) is 0 Å². The normalized spacial score (nSPS) is 19.0. The third-order valence-electron chi connectivity index (χ3n) is 3.71. The van der Waals surface area contributed by atoms with Crippen LogP contribution in [0.1, 0.15) is 23.2 Å². The summed E-state index contributed by atoms with van der Waals surface area (Å²) >= 11 is 0.